The zero-order valence-electron chi connectivity index (χ0n) is 6.36. The van der Waals surface area contributed by atoms with Crippen LogP contribution in [-0.4, -0.2) is 20.2 Å². The molecule has 0 aliphatic heterocycles. The lowest BCUT2D eigenvalue weighted by molar-refractivity contribution is 0.280. The molecule has 0 saturated heterocycles. The van der Waals surface area contributed by atoms with Crippen LogP contribution in [-0.2, 0) is 3.79 Å². The van der Waals surface area contributed by atoms with Crippen molar-refractivity contribution in [3.8, 4) is 0 Å². The number of hydrogen-bond donors (Lipinski definition) is 0. The highest BCUT2D eigenvalue weighted by molar-refractivity contribution is 7.03. The van der Waals surface area contributed by atoms with Crippen molar-refractivity contribution in [2.75, 3.05) is 6.61 Å². The van der Waals surface area contributed by atoms with Gasteiger partial charge in [0.15, 0.2) is 0 Å². The second-order valence-corrected chi connectivity index (χ2v) is 5.98. The molecule has 0 unspecified atom stereocenters. The smallest absolute Gasteiger partial charge is 0.489 e. The lowest BCUT2D eigenvalue weighted by Crippen LogP contribution is -2.12. The van der Waals surface area contributed by atoms with Crippen LogP contribution >= 0.6 is 10.0 Å². The maximum atomic E-state index is 5.83. The molecule has 0 rings (SSSR count). The van der Waals surface area contributed by atoms with Crippen LogP contribution in [0.3, 0.4) is 0 Å². The van der Waals surface area contributed by atoms with Gasteiger partial charge in [-0.2, -0.15) is 0 Å². The van der Waals surface area contributed by atoms with E-state index in [1.807, 2.05) is 0 Å². The molecule has 0 atom stereocenters. The van der Waals surface area contributed by atoms with Gasteiger partial charge in [-0.05, 0) is 5.92 Å². The molecule has 0 aromatic heterocycles. The molecule has 0 saturated carbocycles. The van der Waals surface area contributed by atoms with Crippen molar-refractivity contribution in [3.63, 3.8) is 0 Å². The second-order valence-electron chi connectivity index (χ2n) is 2.55. The molecule has 0 radical (unpaired) electrons. The lowest BCUT2D eigenvalue weighted by Gasteiger charge is -2.07. The van der Waals surface area contributed by atoms with E-state index in [4.69, 9.17) is 13.8 Å². The molecule has 3 heteroatoms. The molecular weight excluding hydrogens is 150 g/mol. The molecule has 0 fully saturated rings. The van der Waals surface area contributed by atoms with Gasteiger partial charge in [0.05, 0.1) is 0 Å². The summed E-state index contributed by atoms with van der Waals surface area (Å²) < 4.78 is 5.36. The molecule has 0 aliphatic rings. The largest absolute Gasteiger partial charge is 0.591 e. The third-order valence-corrected chi connectivity index (χ3v) is 3.43. The van der Waals surface area contributed by atoms with Crippen molar-refractivity contribution in [2.24, 2.45) is 5.92 Å². The van der Waals surface area contributed by atoms with Crippen molar-refractivity contribution in [1.29, 1.82) is 0 Å². The molecule has 0 aromatic carbocycles. The van der Waals surface area contributed by atoms with E-state index >= 15 is 0 Å². The second kappa shape index (κ2) is 5.56. The Bertz CT molecular complexity index is 68.1. The van der Waals surface area contributed by atoms with Crippen LogP contribution in [0, 0.1) is 5.92 Å². The SMILES string of the molecule is C[CH2][Al]([Cl])[O]CC(C)C. The number of halogens is 1. The first-order valence-electron chi connectivity index (χ1n) is 3.42. The third kappa shape index (κ3) is 6.67. The van der Waals surface area contributed by atoms with Gasteiger partial charge in [0.25, 0.3) is 0 Å². The quantitative estimate of drug-likeness (QED) is 0.580. The van der Waals surface area contributed by atoms with Crippen molar-refractivity contribution >= 4 is 23.6 Å². The molecule has 0 bridgehead atoms. The Morgan fingerprint density at radius 2 is 2.11 bits per heavy atom. The zero-order chi connectivity index (χ0) is 7.28. The summed E-state index contributed by atoms with van der Waals surface area (Å²) in [5.41, 5.74) is 0. The van der Waals surface area contributed by atoms with E-state index in [9.17, 15) is 0 Å². The van der Waals surface area contributed by atoms with Gasteiger partial charge in [-0.15, -0.1) is 0 Å². The monoisotopic (exact) mass is 164 g/mol. The van der Waals surface area contributed by atoms with Crippen molar-refractivity contribution in [1.82, 2.24) is 0 Å². The van der Waals surface area contributed by atoms with E-state index in [2.05, 4.69) is 20.8 Å². The Morgan fingerprint density at radius 3 is 2.44 bits per heavy atom. The first kappa shape index (κ1) is 9.78. The van der Waals surface area contributed by atoms with Gasteiger partial charge in [0.1, 0.15) is 0 Å². The van der Waals surface area contributed by atoms with Gasteiger partial charge in [-0.3, -0.25) is 0 Å². The predicted octanol–water partition coefficient (Wildman–Crippen LogP) is 2.41. The summed E-state index contributed by atoms with van der Waals surface area (Å²) in [4.78, 5) is 0. The van der Waals surface area contributed by atoms with Crippen LogP contribution in [0.1, 0.15) is 20.8 Å². The Kier molecular flexibility index (Phi) is 6.04. The summed E-state index contributed by atoms with van der Waals surface area (Å²) in [6.45, 7) is 7.17. The Morgan fingerprint density at radius 1 is 1.56 bits per heavy atom. The minimum Gasteiger partial charge on any atom is -0.489 e. The van der Waals surface area contributed by atoms with Crippen molar-refractivity contribution in [2.45, 2.75) is 26.1 Å². The fourth-order valence-electron chi connectivity index (χ4n) is 0.415. The summed E-state index contributed by atoms with van der Waals surface area (Å²) in [7, 11) is 5.83. The van der Waals surface area contributed by atoms with Crippen LogP contribution < -0.4 is 0 Å². The minimum absolute atomic E-state index is 0.616. The van der Waals surface area contributed by atoms with Crippen LogP contribution in [0.15, 0.2) is 0 Å². The zero-order valence-corrected chi connectivity index (χ0v) is 8.27. The van der Waals surface area contributed by atoms with Gasteiger partial charge < -0.3 is 3.79 Å². The summed E-state index contributed by atoms with van der Waals surface area (Å²) in [5.74, 6) is 0.616. The normalized spacial score (nSPS) is 10.3. The van der Waals surface area contributed by atoms with E-state index in [1.165, 1.54) is 0 Å². The highest BCUT2D eigenvalue weighted by Gasteiger charge is 2.14. The molecule has 1 nitrogen and oxygen atoms in total. The Hall–Kier alpha value is 0.782. The van der Waals surface area contributed by atoms with E-state index in [1.54, 1.807) is 0 Å². The van der Waals surface area contributed by atoms with Gasteiger partial charge in [-0.25, -0.2) is 10.0 Å². The van der Waals surface area contributed by atoms with Crippen molar-refractivity contribution < 1.29 is 3.79 Å². The summed E-state index contributed by atoms with van der Waals surface area (Å²) in [6.07, 6.45) is 0. The third-order valence-electron chi connectivity index (χ3n) is 0.931. The fourth-order valence-corrected chi connectivity index (χ4v) is 1.46. The molecule has 0 heterocycles. The fraction of sp³-hybridized carbons (Fsp3) is 1.00. The first-order valence-corrected chi connectivity index (χ1v) is 6.45. The van der Waals surface area contributed by atoms with E-state index in [-0.39, 0.29) is 0 Å². The highest BCUT2D eigenvalue weighted by Crippen LogP contribution is 2.01. The summed E-state index contributed by atoms with van der Waals surface area (Å²) >= 11 is -1.27. The average molecular weight is 165 g/mol. The van der Waals surface area contributed by atoms with E-state index in [0.29, 0.717) is 5.92 Å². The van der Waals surface area contributed by atoms with E-state index < -0.39 is 13.6 Å². The van der Waals surface area contributed by atoms with Gasteiger partial charge >= 0.3 is 13.6 Å². The molecular formula is C6H14AlClO. The first-order chi connectivity index (χ1) is 4.16. The Balaban J connectivity index is 3.06. The summed E-state index contributed by atoms with van der Waals surface area (Å²) in [6, 6.07) is 0. The molecule has 0 aliphatic carbocycles. The van der Waals surface area contributed by atoms with Gasteiger partial charge in [0.2, 0.25) is 0 Å². The topological polar surface area (TPSA) is 9.23 Å². The molecule has 0 aromatic rings. The molecule has 0 spiro atoms. The standard InChI is InChI=1S/C4H9O.C2H5.Al.ClH/c1-4(2)3-5;1-2;;/h4H,3H2,1-2H3;1H2,2H3;;1H/q-1;;+2;/p-1. The average Bonchev–Trinajstić information content (AvgIpc) is 1.83. The van der Waals surface area contributed by atoms with Crippen LogP contribution in [0.25, 0.3) is 0 Å². The van der Waals surface area contributed by atoms with Crippen molar-refractivity contribution in [3.05, 3.63) is 0 Å². The molecule has 54 valence electrons. The number of rotatable bonds is 4. The molecule has 9 heavy (non-hydrogen) atoms. The molecule has 0 amide bonds. The van der Waals surface area contributed by atoms with Gasteiger partial charge in [-0.1, -0.05) is 26.1 Å². The van der Waals surface area contributed by atoms with Gasteiger partial charge in [0, 0.05) is 6.61 Å². The minimum atomic E-state index is -1.27. The van der Waals surface area contributed by atoms with Crippen LogP contribution in [0.2, 0.25) is 5.28 Å². The maximum Gasteiger partial charge on any atom is 0.591 e. The highest BCUT2D eigenvalue weighted by atomic mass is 35.6. The number of hydrogen-bond acceptors (Lipinski definition) is 1. The Labute approximate surface area is 66.3 Å². The maximum absolute atomic E-state index is 5.83. The molecule has 0 N–H and O–H groups in total. The van der Waals surface area contributed by atoms with Crippen LogP contribution in [0.5, 0.6) is 0 Å². The van der Waals surface area contributed by atoms with Crippen LogP contribution in [0.4, 0.5) is 0 Å². The lowest BCUT2D eigenvalue weighted by atomic mass is 10.2. The summed E-state index contributed by atoms with van der Waals surface area (Å²) in [5, 5.41) is 1.02. The predicted molar refractivity (Wildman–Crippen MR) is 42.9 cm³/mol. The van der Waals surface area contributed by atoms with E-state index in [0.717, 1.165) is 11.9 Å².